The van der Waals surface area contributed by atoms with Gasteiger partial charge in [0.25, 0.3) is 0 Å². The van der Waals surface area contributed by atoms with Crippen molar-refractivity contribution in [2.24, 2.45) is 0 Å². The summed E-state index contributed by atoms with van der Waals surface area (Å²) in [5.41, 5.74) is 0. The van der Waals surface area contributed by atoms with Gasteiger partial charge in [0.2, 0.25) is 5.91 Å². The first kappa shape index (κ1) is 94.0. The maximum Gasteiger partial charge on any atom is 0.220 e. The van der Waals surface area contributed by atoms with E-state index in [4.69, 9.17) is 28.4 Å². The van der Waals surface area contributed by atoms with Gasteiger partial charge in [-0.2, -0.15) is 0 Å². The molecule has 0 aliphatic carbocycles. The first-order valence-corrected chi connectivity index (χ1v) is 41.9. The van der Waals surface area contributed by atoms with Gasteiger partial charge in [-0.05, 0) is 51.4 Å². The van der Waals surface area contributed by atoms with Crippen LogP contribution in [0.5, 0.6) is 0 Å². The molecule has 1 amide bonds. The van der Waals surface area contributed by atoms with Crippen molar-refractivity contribution in [2.75, 3.05) is 26.4 Å². The molecule has 19 heteroatoms. The summed E-state index contributed by atoms with van der Waals surface area (Å²) in [6.07, 6.45) is 53.5. The van der Waals surface area contributed by atoms with Crippen molar-refractivity contribution in [1.82, 2.24) is 5.32 Å². The Hall–Kier alpha value is -2.25. The van der Waals surface area contributed by atoms with Crippen LogP contribution in [0.15, 0.2) is 48.6 Å². The number of unbranched alkanes of at least 4 members (excludes halogenated alkanes) is 43. The molecular formula is C83H153NO18. The van der Waals surface area contributed by atoms with Gasteiger partial charge in [0.05, 0.1) is 38.6 Å². The van der Waals surface area contributed by atoms with Gasteiger partial charge in [0, 0.05) is 6.42 Å². The molecule has 0 radical (unpaired) electrons. The lowest BCUT2D eigenvalue weighted by Gasteiger charge is -2.48. The van der Waals surface area contributed by atoms with Crippen LogP contribution in [0, 0.1) is 0 Å². The molecule has 3 aliphatic rings. The monoisotopic (exact) mass is 1450 g/mol. The van der Waals surface area contributed by atoms with Gasteiger partial charge in [-0.3, -0.25) is 4.79 Å². The van der Waals surface area contributed by atoms with Crippen LogP contribution in [-0.4, -0.2) is 193 Å². The summed E-state index contributed by atoms with van der Waals surface area (Å²) in [6.45, 7) is 1.74. The van der Waals surface area contributed by atoms with Gasteiger partial charge < -0.3 is 89.9 Å². The van der Waals surface area contributed by atoms with Crippen LogP contribution in [0.4, 0.5) is 0 Å². The minimum atomic E-state index is -1.97. The van der Waals surface area contributed by atoms with Crippen LogP contribution in [0.1, 0.15) is 341 Å². The lowest BCUT2D eigenvalue weighted by Crippen LogP contribution is -2.66. The molecular weight excluding hydrogens is 1300 g/mol. The van der Waals surface area contributed by atoms with Crippen molar-refractivity contribution in [3.05, 3.63) is 48.6 Å². The van der Waals surface area contributed by atoms with E-state index < -0.39 is 124 Å². The zero-order valence-corrected chi connectivity index (χ0v) is 64.1. The average Bonchev–Trinajstić information content (AvgIpc) is 0.781. The average molecular weight is 1450 g/mol. The van der Waals surface area contributed by atoms with E-state index >= 15 is 0 Å². The summed E-state index contributed by atoms with van der Waals surface area (Å²) in [4.78, 5) is 13.5. The second kappa shape index (κ2) is 63.7. The predicted octanol–water partition coefficient (Wildman–Crippen LogP) is 14.5. The molecule has 12 N–H and O–H groups in total. The van der Waals surface area contributed by atoms with E-state index in [1.807, 2.05) is 0 Å². The molecule has 0 aromatic heterocycles. The summed E-state index contributed by atoms with van der Waals surface area (Å²) in [7, 11) is 0. The Morgan fingerprint density at radius 1 is 0.363 bits per heavy atom. The minimum absolute atomic E-state index is 0.241. The van der Waals surface area contributed by atoms with Crippen molar-refractivity contribution in [3.8, 4) is 0 Å². The van der Waals surface area contributed by atoms with Crippen LogP contribution >= 0.6 is 0 Å². The number of amides is 1. The molecule has 3 aliphatic heterocycles. The fraction of sp³-hybridized carbons (Fsp3) is 0.892. The van der Waals surface area contributed by atoms with Crippen LogP contribution < -0.4 is 5.32 Å². The molecule has 0 aromatic rings. The van der Waals surface area contributed by atoms with E-state index in [1.54, 1.807) is 0 Å². The fourth-order valence-electron chi connectivity index (χ4n) is 14.3. The Balaban J connectivity index is 1.35. The summed E-state index contributed by atoms with van der Waals surface area (Å²) < 4.78 is 34.6. The zero-order valence-electron chi connectivity index (χ0n) is 64.1. The molecule has 0 bridgehead atoms. The van der Waals surface area contributed by atoms with E-state index in [-0.39, 0.29) is 18.9 Å². The summed E-state index contributed by atoms with van der Waals surface area (Å²) in [5, 5.41) is 121. The molecule has 19 nitrogen and oxygen atoms in total. The molecule has 0 spiro atoms. The van der Waals surface area contributed by atoms with Crippen molar-refractivity contribution in [3.63, 3.8) is 0 Å². The normalized spacial score (nSPS) is 26.4. The Labute approximate surface area is 618 Å². The van der Waals surface area contributed by atoms with E-state index in [0.717, 1.165) is 77.0 Å². The molecule has 17 unspecified atom stereocenters. The lowest BCUT2D eigenvalue weighted by atomic mass is 9.96. The number of hydrogen-bond acceptors (Lipinski definition) is 18. The molecule has 0 aromatic carbocycles. The van der Waals surface area contributed by atoms with E-state index in [2.05, 4.69) is 67.8 Å². The predicted molar refractivity (Wildman–Crippen MR) is 406 cm³/mol. The first-order valence-electron chi connectivity index (χ1n) is 41.9. The maximum atomic E-state index is 13.5. The van der Waals surface area contributed by atoms with Crippen LogP contribution in [0.25, 0.3) is 0 Å². The molecule has 0 saturated carbocycles. The SMILES string of the molecule is CC/C=C\C/C=C\C/C=C\C/C=C\CCCCCCCCCCCCCCC(=O)NC(COC1OC(CO)C(OC2OC(CO)C(OC3OC(CO)C(O)C(O)C3O)C(O)C2O)C(O)C1O)C(O)CCCCCCCCCCCCCCCCCCCCCCCCCCCCCCCCCC. The number of hydrogen-bond donors (Lipinski definition) is 12. The molecule has 598 valence electrons. The highest BCUT2D eigenvalue weighted by atomic mass is 16.8. The number of allylic oxidation sites excluding steroid dienone is 8. The number of aliphatic hydroxyl groups excluding tert-OH is 11. The summed E-state index contributed by atoms with van der Waals surface area (Å²) in [6, 6.07) is -0.892. The fourth-order valence-corrected chi connectivity index (χ4v) is 14.3. The standard InChI is InChI=1S/C83H153NO18/c1-3-5-7-9-11-13-15-17-19-21-23-25-27-29-30-31-32-33-34-35-37-38-40-42-44-46-48-50-52-54-56-58-60-67(88)66(84-71(89)61-59-57-55-53-51-49-47-45-43-41-39-36-28-26-24-22-20-18-16-14-12-10-8-6-4-2)65-97-81-77(95)74(92)79(69(63-86)99-81)102-83-78(96)75(93)80(70(64-87)100-83)101-82-76(94)73(91)72(90)68(62-85)98-82/h6,8,12,14,18,20,24,26,66-70,72-83,85-88,90-96H,3-5,7,9-11,13,15-17,19,21-23,25,27-65H2,1-2H3,(H,84,89)/b8-6-,14-12-,20-18-,26-24-. The highest BCUT2D eigenvalue weighted by molar-refractivity contribution is 5.76. The third kappa shape index (κ3) is 43.1. The Morgan fingerprint density at radius 3 is 1.06 bits per heavy atom. The van der Waals surface area contributed by atoms with E-state index in [1.165, 1.54) is 231 Å². The maximum absolute atomic E-state index is 13.5. The Morgan fingerprint density at radius 2 is 0.676 bits per heavy atom. The molecule has 3 rings (SSSR count). The highest BCUT2D eigenvalue weighted by Gasteiger charge is 2.54. The van der Waals surface area contributed by atoms with Gasteiger partial charge in [-0.25, -0.2) is 0 Å². The number of rotatable bonds is 67. The Kier molecular flexibility index (Phi) is 58.6. The first-order chi connectivity index (χ1) is 49.8. The van der Waals surface area contributed by atoms with Gasteiger partial charge in [-0.15, -0.1) is 0 Å². The van der Waals surface area contributed by atoms with Gasteiger partial charge >= 0.3 is 0 Å². The molecule has 3 fully saturated rings. The van der Waals surface area contributed by atoms with E-state index in [9.17, 15) is 61.0 Å². The smallest absolute Gasteiger partial charge is 0.220 e. The summed E-state index contributed by atoms with van der Waals surface area (Å²) in [5.74, 6) is -0.241. The molecule has 17 atom stereocenters. The van der Waals surface area contributed by atoms with Crippen molar-refractivity contribution >= 4 is 5.91 Å². The summed E-state index contributed by atoms with van der Waals surface area (Å²) >= 11 is 0. The van der Waals surface area contributed by atoms with Gasteiger partial charge in [0.15, 0.2) is 18.9 Å². The third-order valence-corrected chi connectivity index (χ3v) is 20.9. The largest absolute Gasteiger partial charge is 0.394 e. The Bertz CT molecular complexity index is 2030. The van der Waals surface area contributed by atoms with Crippen molar-refractivity contribution in [1.29, 1.82) is 0 Å². The molecule has 102 heavy (non-hydrogen) atoms. The van der Waals surface area contributed by atoms with Crippen LogP contribution in [0.2, 0.25) is 0 Å². The molecule has 3 heterocycles. The lowest BCUT2D eigenvalue weighted by molar-refractivity contribution is -0.379. The topological polar surface area (TPSA) is 307 Å². The van der Waals surface area contributed by atoms with Gasteiger partial charge in [-0.1, -0.05) is 332 Å². The second-order valence-electron chi connectivity index (χ2n) is 29.9. The van der Waals surface area contributed by atoms with Crippen LogP contribution in [-0.2, 0) is 33.2 Å². The number of carbonyl (C=O) groups excluding carboxylic acids is 1. The van der Waals surface area contributed by atoms with Crippen molar-refractivity contribution < 1.29 is 89.4 Å². The number of nitrogens with one attached hydrogen (secondary N) is 1. The van der Waals surface area contributed by atoms with Gasteiger partial charge in [0.1, 0.15) is 73.2 Å². The highest BCUT2D eigenvalue weighted by Crippen LogP contribution is 2.33. The second-order valence-corrected chi connectivity index (χ2v) is 29.9. The number of aliphatic hydroxyl groups is 11. The number of ether oxygens (including phenoxy) is 6. The minimum Gasteiger partial charge on any atom is -0.394 e. The quantitative estimate of drug-likeness (QED) is 0.0199. The van der Waals surface area contributed by atoms with Crippen molar-refractivity contribution in [2.45, 2.75) is 446 Å². The zero-order chi connectivity index (χ0) is 73.9. The van der Waals surface area contributed by atoms with E-state index in [0.29, 0.717) is 12.8 Å². The van der Waals surface area contributed by atoms with Crippen LogP contribution in [0.3, 0.4) is 0 Å². The third-order valence-electron chi connectivity index (χ3n) is 20.9. The molecule has 3 saturated heterocycles. The number of carbonyl (C=O) groups is 1.